The van der Waals surface area contributed by atoms with Crippen molar-refractivity contribution in [3.05, 3.63) is 76.1 Å². The predicted octanol–water partition coefficient (Wildman–Crippen LogP) is 2.88. The van der Waals surface area contributed by atoms with Crippen LogP contribution in [0.25, 0.3) is 10.9 Å². The lowest BCUT2D eigenvalue weighted by atomic mass is 9.92. The average Bonchev–Trinajstić information content (AvgIpc) is 2.61. The van der Waals surface area contributed by atoms with Gasteiger partial charge < -0.3 is 20.5 Å². The smallest absolute Gasteiger partial charge is 0.248 e. The van der Waals surface area contributed by atoms with Crippen LogP contribution in [0.1, 0.15) is 31.0 Å². The molecule has 1 atom stereocenters. The Bertz CT molecular complexity index is 948. The molecule has 1 aromatic heterocycles. The number of rotatable bonds is 6. The summed E-state index contributed by atoms with van der Waals surface area (Å²) in [5, 5.41) is 24.3. The van der Waals surface area contributed by atoms with Crippen molar-refractivity contribution in [2.24, 2.45) is 0 Å². The minimum absolute atomic E-state index is 0.0154. The summed E-state index contributed by atoms with van der Waals surface area (Å²) < 4.78 is 0. The van der Waals surface area contributed by atoms with Gasteiger partial charge in [0.1, 0.15) is 5.75 Å². The van der Waals surface area contributed by atoms with Crippen molar-refractivity contribution in [2.75, 3.05) is 6.61 Å². The van der Waals surface area contributed by atoms with Crippen LogP contribution in [0, 0.1) is 0 Å². The van der Waals surface area contributed by atoms with Crippen molar-refractivity contribution in [1.82, 2.24) is 10.3 Å². The van der Waals surface area contributed by atoms with Gasteiger partial charge in [0, 0.05) is 17.0 Å². The summed E-state index contributed by atoms with van der Waals surface area (Å²) in [6.45, 7) is 4.08. The molecule has 4 N–H and O–H groups in total. The molecule has 0 fully saturated rings. The van der Waals surface area contributed by atoms with Gasteiger partial charge in [-0.1, -0.05) is 36.4 Å². The number of aliphatic hydroxyl groups is 1. The molecule has 0 radical (unpaired) electrons. The molecule has 0 saturated heterocycles. The number of aromatic hydroxyl groups is 1. The van der Waals surface area contributed by atoms with Crippen molar-refractivity contribution in [3.8, 4) is 5.75 Å². The molecule has 1 unspecified atom stereocenters. The fourth-order valence-corrected chi connectivity index (χ4v) is 3.41. The van der Waals surface area contributed by atoms with Gasteiger partial charge in [-0.2, -0.15) is 0 Å². The highest BCUT2D eigenvalue weighted by Crippen LogP contribution is 2.30. The second kappa shape index (κ2) is 7.32. The molecule has 5 heteroatoms. The highest BCUT2D eigenvalue weighted by atomic mass is 16.3. The highest BCUT2D eigenvalue weighted by molar-refractivity contribution is 5.87. The van der Waals surface area contributed by atoms with E-state index in [1.54, 1.807) is 18.2 Å². The van der Waals surface area contributed by atoms with Crippen LogP contribution in [0.3, 0.4) is 0 Å². The number of hydrogen-bond donors (Lipinski definition) is 4. The van der Waals surface area contributed by atoms with Gasteiger partial charge in [0.15, 0.2) is 0 Å². The van der Waals surface area contributed by atoms with Crippen LogP contribution in [0.4, 0.5) is 0 Å². The molecule has 5 nitrogen and oxygen atoms in total. The Morgan fingerprint density at radius 2 is 1.81 bits per heavy atom. The Hall–Kier alpha value is -2.63. The molecule has 3 aromatic rings. The van der Waals surface area contributed by atoms with Gasteiger partial charge in [-0.05, 0) is 43.5 Å². The van der Waals surface area contributed by atoms with Gasteiger partial charge in [0.2, 0.25) is 5.56 Å². The summed E-state index contributed by atoms with van der Waals surface area (Å²) in [5.74, 6) is 0.0154. The molecule has 0 aliphatic carbocycles. The molecule has 2 aromatic carbocycles. The molecule has 0 aliphatic heterocycles. The molecule has 26 heavy (non-hydrogen) atoms. The van der Waals surface area contributed by atoms with Crippen molar-refractivity contribution < 1.29 is 10.2 Å². The van der Waals surface area contributed by atoms with E-state index in [1.807, 2.05) is 18.2 Å². The number of fused-ring (bicyclic) bond motifs is 1. The number of phenols is 1. The van der Waals surface area contributed by atoms with Crippen LogP contribution in [0.5, 0.6) is 5.75 Å². The second-order valence-corrected chi connectivity index (χ2v) is 7.21. The van der Waals surface area contributed by atoms with E-state index >= 15 is 0 Å². The summed E-state index contributed by atoms with van der Waals surface area (Å²) in [7, 11) is 0. The lowest BCUT2D eigenvalue weighted by Crippen LogP contribution is -2.44. The van der Waals surface area contributed by atoms with Crippen LogP contribution >= 0.6 is 0 Å². The summed E-state index contributed by atoms with van der Waals surface area (Å²) in [6.07, 6.45) is 0.803. The topological polar surface area (TPSA) is 85.3 Å². The van der Waals surface area contributed by atoms with Crippen LogP contribution in [-0.4, -0.2) is 27.3 Å². The number of hydrogen-bond acceptors (Lipinski definition) is 4. The Balaban J connectivity index is 1.93. The third-order valence-corrected chi connectivity index (χ3v) is 4.52. The van der Waals surface area contributed by atoms with Crippen LogP contribution in [-0.2, 0) is 6.42 Å². The van der Waals surface area contributed by atoms with E-state index in [4.69, 9.17) is 0 Å². The van der Waals surface area contributed by atoms with Gasteiger partial charge in [0.05, 0.1) is 18.2 Å². The molecule has 0 bridgehead atoms. The molecule has 3 rings (SSSR count). The standard InChI is InChI=1S/C21H24N2O3/c1-21(2,12-14-6-4-3-5-7-14)23-17(13-24)15-8-10-18(25)20-16(15)9-11-19(26)22-20/h3-11,17,23-25H,12-13H2,1-2H3,(H,22,26). The Labute approximate surface area is 152 Å². The highest BCUT2D eigenvalue weighted by Gasteiger charge is 2.25. The van der Waals surface area contributed by atoms with E-state index in [-0.39, 0.29) is 29.5 Å². The Morgan fingerprint density at radius 3 is 2.50 bits per heavy atom. The van der Waals surface area contributed by atoms with E-state index in [0.29, 0.717) is 10.9 Å². The summed E-state index contributed by atoms with van der Waals surface area (Å²) in [4.78, 5) is 14.3. The van der Waals surface area contributed by atoms with Gasteiger partial charge >= 0.3 is 0 Å². The van der Waals surface area contributed by atoms with E-state index < -0.39 is 0 Å². The normalized spacial score (nSPS) is 13.0. The fraction of sp³-hybridized carbons (Fsp3) is 0.286. The number of aromatic amines is 1. The third-order valence-electron chi connectivity index (χ3n) is 4.52. The summed E-state index contributed by atoms with van der Waals surface area (Å²) in [5.41, 5.74) is 1.89. The number of nitrogens with one attached hydrogen (secondary N) is 2. The van der Waals surface area contributed by atoms with Crippen LogP contribution < -0.4 is 10.9 Å². The molecule has 136 valence electrons. The van der Waals surface area contributed by atoms with E-state index in [1.165, 1.54) is 11.6 Å². The second-order valence-electron chi connectivity index (χ2n) is 7.21. The first-order valence-electron chi connectivity index (χ1n) is 8.67. The summed E-state index contributed by atoms with van der Waals surface area (Å²) >= 11 is 0. The monoisotopic (exact) mass is 352 g/mol. The fourth-order valence-electron chi connectivity index (χ4n) is 3.41. The van der Waals surface area contributed by atoms with Crippen molar-refractivity contribution in [2.45, 2.75) is 31.8 Å². The zero-order valence-corrected chi connectivity index (χ0v) is 15.0. The maximum atomic E-state index is 11.6. The maximum Gasteiger partial charge on any atom is 0.248 e. The quantitative estimate of drug-likeness (QED) is 0.549. The van der Waals surface area contributed by atoms with Gasteiger partial charge in [0.25, 0.3) is 0 Å². The predicted molar refractivity (Wildman–Crippen MR) is 103 cm³/mol. The van der Waals surface area contributed by atoms with Crippen molar-refractivity contribution in [1.29, 1.82) is 0 Å². The maximum absolute atomic E-state index is 11.6. The first-order valence-corrected chi connectivity index (χ1v) is 8.67. The van der Waals surface area contributed by atoms with Crippen molar-refractivity contribution in [3.63, 3.8) is 0 Å². The van der Waals surface area contributed by atoms with Gasteiger partial charge in [-0.15, -0.1) is 0 Å². The Kier molecular flexibility index (Phi) is 5.11. The first-order chi connectivity index (χ1) is 12.4. The SMILES string of the molecule is CC(C)(Cc1ccccc1)NC(CO)c1ccc(O)c2[nH]c(=O)ccc12. The molecule has 0 saturated carbocycles. The molecule has 0 spiro atoms. The van der Waals surface area contributed by atoms with E-state index in [9.17, 15) is 15.0 Å². The minimum Gasteiger partial charge on any atom is -0.506 e. The molecule has 0 amide bonds. The lowest BCUT2D eigenvalue weighted by molar-refractivity contribution is 0.211. The number of benzene rings is 2. The van der Waals surface area contributed by atoms with E-state index in [2.05, 4.69) is 36.3 Å². The number of H-pyrrole nitrogens is 1. The summed E-state index contributed by atoms with van der Waals surface area (Å²) in [6, 6.07) is 16.3. The molecule has 0 aliphatic rings. The lowest BCUT2D eigenvalue weighted by Gasteiger charge is -2.32. The zero-order valence-electron chi connectivity index (χ0n) is 15.0. The van der Waals surface area contributed by atoms with Crippen molar-refractivity contribution >= 4 is 10.9 Å². The first kappa shape index (κ1) is 18.2. The average molecular weight is 352 g/mol. The van der Waals surface area contributed by atoms with Gasteiger partial charge in [-0.3, -0.25) is 4.79 Å². The van der Waals surface area contributed by atoms with E-state index in [0.717, 1.165) is 12.0 Å². The van der Waals surface area contributed by atoms with Gasteiger partial charge in [-0.25, -0.2) is 0 Å². The molecule has 1 heterocycles. The number of aromatic nitrogens is 1. The number of pyridine rings is 1. The number of phenolic OH excluding ortho intramolecular Hbond substituents is 1. The molecular formula is C21H24N2O3. The Morgan fingerprint density at radius 1 is 1.08 bits per heavy atom. The van der Waals surface area contributed by atoms with Crippen LogP contribution in [0.15, 0.2) is 59.4 Å². The molecular weight excluding hydrogens is 328 g/mol. The van der Waals surface area contributed by atoms with Crippen LogP contribution in [0.2, 0.25) is 0 Å². The minimum atomic E-state index is -0.331. The zero-order chi connectivity index (χ0) is 18.7. The third kappa shape index (κ3) is 3.95. The number of aliphatic hydroxyl groups excluding tert-OH is 1. The largest absolute Gasteiger partial charge is 0.506 e.